The second-order valence-electron chi connectivity index (χ2n) is 5.34. The van der Waals surface area contributed by atoms with Crippen LogP contribution in [0.4, 0.5) is 17.2 Å². The number of nitrogens with one attached hydrogen (secondary N) is 1. The predicted octanol–water partition coefficient (Wildman–Crippen LogP) is 4.56. The van der Waals surface area contributed by atoms with E-state index in [1.807, 2.05) is 26.2 Å². The van der Waals surface area contributed by atoms with Crippen molar-refractivity contribution in [2.45, 2.75) is 0 Å². The minimum Gasteiger partial charge on any atom is -0.375 e. The van der Waals surface area contributed by atoms with E-state index in [2.05, 4.69) is 69.8 Å². The molecule has 0 saturated carbocycles. The summed E-state index contributed by atoms with van der Waals surface area (Å²) >= 11 is 0. The monoisotopic (exact) mass is 289 g/mol. The van der Waals surface area contributed by atoms with Crippen molar-refractivity contribution in [1.82, 2.24) is 4.98 Å². The van der Waals surface area contributed by atoms with Crippen molar-refractivity contribution in [2.75, 3.05) is 24.3 Å². The first kappa shape index (κ1) is 14.1. The Morgan fingerprint density at radius 3 is 2.36 bits per heavy atom. The molecule has 0 saturated heterocycles. The Labute approximate surface area is 131 Å². The quantitative estimate of drug-likeness (QED) is 0.763. The summed E-state index contributed by atoms with van der Waals surface area (Å²) in [5.74, 6) is 0.859. The Morgan fingerprint density at radius 2 is 1.59 bits per heavy atom. The van der Waals surface area contributed by atoms with Crippen LogP contribution >= 0.6 is 0 Å². The molecular formula is C19H19N3. The standard InChI is InChI=1S/C19H19N3/c1-22(2)18-12-7-13-20-19(18)21-17-11-6-10-16(14-17)15-8-4-3-5-9-15/h3-14H,1-2H3,(H,20,21). The zero-order valence-electron chi connectivity index (χ0n) is 12.8. The Morgan fingerprint density at radius 1 is 0.818 bits per heavy atom. The van der Waals surface area contributed by atoms with Gasteiger partial charge in [0.2, 0.25) is 0 Å². The minimum atomic E-state index is 0.859. The lowest BCUT2D eigenvalue weighted by atomic mass is 10.1. The fourth-order valence-electron chi connectivity index (χ4n) is 2.40. The maximum Gasteiger partial charge on any atom is 0.153 e. The van der Waals surface area contributed by atoms with E-state index in [9.17, 15) is 0 Å². The van der Waals surface area contributed by atoms with Crippen LogP contribution in [0.1, 0.15) is 0 Å². The summed E-state index contributed by atoms with van der Waals surface area (Å²) in [6.07, 6.45) is 1.80. The molecule has 1 aromatic heterocycles. The summed E-state index contributed by atoms with van der Waals surface area (Å²) in [4.78, 5) is 6.50. The highest BCUT2D eigenvalue weighted by atomic mass is 15.1. The number of hydrogen-bond acceptors (Lipinski definition) is 3. The molecule has 1 N–H and O–H groups in total. The zero-order valence-corrected chi connectivity index (χ0v) is 12.8. The molecule has 0 bridgehead atoms. The molecule has 0 spiro atoms. The van der Waals surface area contributed by atoms with Gasteiger partial charge in [-0.3, -0.25) is 0 Å². The van der Waals surface area contributed by atoms with Gasteiger partial charge in [0.1, 0.15) is 0 Å². The first-order valence-corrected chi connectivity index (χ1v) is 7.29. The first-order chi connectivity index (χ1) is 10.7. The summed E-state index contributed by atoms with van der Waals surface area (Å²) < 4.78 is 0. The number of aromatic nitrogens is 1. The van der Waals surface area contributed by atoms with E-state index in [4.69, 9.17) is 0 Å². The fourth-order valence-corrected chi connectivity index (χ4v) is 2.40. The highest BCUT2D eigenvalue weighted by Crippen LogP contribution is 2.27. The van der Waals surface area contributed by atoms with Gasteiger partial charge in [0.05, 0.1) is 5.69 Å². The van der Waals surface area contributed by atoms with Crippen molar-refractivity contribution in [3.8, 4) is 11.1 Å². The molecule has 3 heteroatoms. The second-order valence-corrected chi connectivity index (χ2v) is 5.34. The Kier molecular flexibility index (Phi) is 4.05. The van der Waals surface area contributed by atoms with Gasteiger partial charge in [-0.1, -0.05) is 42.5 Å². The Bertz CT molecular complexity index is 751. The minimum absolute atomic E-state index is 0.859. The highest BCUT2D eigenvalue weighted by Gasteiger charge is 2.06. The van der Waals surface area contributed by atoms with Crippen molar-refractivity contribution in [2.24, 2.45) is 0 Å². The van der Waals surface area contributed by atoms with E-state index in [1.54, 1.807) is 6.20 Å². The molecule has 0 aliphatic carbocycles. The number of benzene rings is 2. The predicted molar refractivity (Wildman–Crippen MR) is 93.7 cm³/mol. The van der Waals surface area contributed by atoms with E-state index in [-0.39, 0.29) is 0 Å². The van der Waals surface area contributed by atoms with E-state index in [1.165, 1.54) is 11.1 Å². The molecule has 0 radical (unpaired) electrons. The molecule has 22 heavy (non-hydrogen) atoms. The molecule has 2 aromatic carbocycles. The van der Waals surface area contributed by atoms with Gasteiger partial charge in [0.15, 0.2) is 5.82 Å². The molecule has 0 atom stereocenters. The zero-order chi connectivity index (χ0) is 15.4. The van der Waals surface area contributed by atoms with Gasteiger partial charge in [-0.05, 0) is 35.4 Å². The lowest BCUT2D eigenvalue weighted by Crippen LogP contribution is -2.11. The van der Waals surface area contributed by atoms with Crippen LogP contribution in [0.3, 0.4) is 0 Å². The van der Waals surface area contributed by atoms with Crippen molar-refractivity contribution in [1.29, 1.82) is 0 Å². The van der Waals surface area contributed by atoms with Crippen LogP contribution in [0.2, 0.25) is 0 Å². The third-order valence-electron chi connectivity index (χ3n) is 3.50. The van der Waals surface area contributed by atoms with Gasteiger partial charge in [0.25, 0.3) is 0 Å². The maximum absolute atomic E-state index is 4.44. The third-order valence-corrected chi connectivity index (χ3v) is 3.50. The van der Waals surface area contributed by atoms with Crippen molar-refractivity contribution in [3.05, 3.63) is 72.9 Å². The van der Waals surface area contributed by atoms with Crippen LogP contribution in [0.5, 0.6) is 0 Å². The Hall–Kier alpha value is -2.81. The molecule has 3 nitrogen and oxygen atoms in total. The summed E-state index contributed by atoms with van der Waals surface area (Å²) in [6.45, 7) is 0. The lowest BCUT2D eigenvalue weighted by molar-refractivity contribution is 1.11. The van der Waals surface area contributed by atoms with Crippen molar-refractivity contribution >= 4 is 17.2 Å². The summed E-state index contributed by atoms with van der Waals surface area (Å²) in [5, 5.41) is 3.41. The number of rotatable bonds is 4. The van der Waals surface area contributed by atoms with Crippen LogP contribution < -0.4 is 10.2 Å². The molecule has 0 amide bonds. The summed E-state index contributed by atoms with van der Waals surface area (Å²) in [7, 11) is 4.03. The second kappa shape index (κ2) is 6.31. The van der Waals surface area contributed by atoms with Gasteiger partial charge < -0.3 is 10.2 Å². The first-order valence-electron chi connectivity index (χ1n) is 7.29. The molecule has 0 aliphatic heterocycles. The molecule has 110 valence electrons. The summed E-state index contributed by atoms with van der Waals surface area (Å²) in [6, 6.07) is 22.7. The van der Waals surface area contributed by atoms with Crippen LogP contribution in [-0.2, 0) is 0 Å². The van der Waals surface area contributed by atoms with Crippen LogP contribution in [-0.4, -0.2) is 19.1 Å². The molecule has 3 rings (SSSR count). The van der Waals surface area contributed by atoms with Gasteiger partial charge in [-0.15, -0.1) is 0 Å². The largest absolute Gasteiger partial charge is 0.375 e. The van der Waals surface area contributed by atoms with Gasteiger partial charge in [-0.2, -0.15) is 0 Å². The lowest BCUT2D eigenvalue weighted by Gasteiger charge is -2.17. The Balaban J connectivity index is 1.91. The van der Waals surface area contributed by atoms with E-state index >= 15 is 0 Å². The van der Waals surface area contributed by atoms with E-state index in [0.29, 0.717) is 0 Å². The van der Waals surface area contributed by atoms with Crippen LogP contribution in [0.15, 0.2) is 72.9 Å². The number of hydrogen-bond donors (Lipinski definition) is 1. The van der Waals surface area contributed by atoms with Crippen molar-refractivity contribution in [3.63, 3.8) is 0 Å². The molecule has 1 heterocycles. The fraction of sp³-hybridized carbons (Fsp3) is 0.105. The molecule has 0 unspecified atom stereocenters. The average molecular weight is 289 g/mol. The van der Waals surface area contributed by atoms with Gasteiger partial charge >= 0.3 is 0 Å². The van der Waals surface area contributed by atoms with E-state index < -0.39 is 0 Å². The number of nitrogens with zero attached hydrogens (tertiary/aromatic N) is 2. The molecule has 0 aliphatic rings. The van der Waals surface area contributed by atoms with Crippen LogP contribution in [0, 0.1) is 0 Å². The SMILES string of the molecule is CN(C)c1cccnc1Nc1cccc(-c2ccccc2)c1. The maximum atomic E-state index is 4.44. The molecule has 3 aromatic rings. The highest BCUT2D eigenvalue weighted by molar-refractivity contribution is 5.74. The summed E-state index contributed by atoms with van der Waals surface area (Å²) in [5.41, 5.74) is 4.49. The van der Waals surface area contributed by atoms with Crippen LogP contribution in [0.25, 0.3) is 11.1 Å². The third kappa shape index (κ3) is 3.09. The molecule has 0 fully saturated rings. The van der Waals surface area contributed by atoms with Gasteiger partial charge in [-0.25, -0.2) is 4.98 Å². The van der Waals surface area contributed by atoms with Crippen molar-refractivity contribution < 1.29 is 0 Å². The van der Waals surface area contributed by atoms with Gasteiger partial charge in [0, 0.05) is 26.0 Å². The normalized spacial score (nSPS) is 10.3. The van der Waals surface area contributed by atoms with E-state index in [0.717, 1.165) is 17.2 Å². The topological polar surface area (TPSA) is 28.2 Å². The molecular weight excluding hydrogens is 270 g/mol. The smallest absolute Gasteiger partial charge is 0.153 e. The number of anilines is 3. The number of pyridine rings is 1. The average Bonchev–Trinajstić information content (AvgIpc) is 2.56.